The van der Waals surface area contributed by atoms with Crippen molar-refractivity contribution < 1.29 is 27.9 Å². The summed E-state index contributed by atoms with van der Waals surface area (Å²) in [5.74, 6) is -2.66. The zero-order valence-electron chi connectivity index (χ0n) is 9.83. The number of hydrogen-bond donors (Lipinski definition) is 2. The molecule has 0 aromatic rings. The molecule has 5 nitrogen and oxygen atoms in total. The number of carbonyl (C=O) groups is 2. The fourth-order valence-electron chi connectivity index (χ4n) is 1.83. The molecule has 0 radical (unpaired) electrons. The van der Waals surface area contributed by atoms with Crippen LogP contribution in [0.5, 0.6) is 0 Å². The van der Waals surface area contributed by atoms with Gasteiger partial charge in [0.05, 0.1) is 6.10 Å². The van der Waals surface area contributed by atoms with Crippen molar-refractivity contribution in [2.75, 3.05) is 19.6 Å². The van der Waals surface area contributed by atoms with Gasteiger partial charge in [0.25, 0.3) is 0 Å². The lowest BCUT2D eigenvalue weighted by Crippen LogP contribution is -2.50. The zero-order chi connectivity index (χ0) is 13.9. The topological polar surface area (TPSA) is 69.6 Å². The Morgan fingerprint density at radius 3 is 2.50 bits per heavy atom. The van der Waals surface area contributed by atoms with Crippen LogP contribution >= 0.6 is 0 Å². The standard InChI is InChI=1S/C10H15F3N2O3/c1-6(16)15-3-2-7(8(17)5-15)4-14-9(18)10(11,12)13/h7-8,17H,2-5H2,1H3,(H,14,18). The minimum absolute atomic E-state index is 0.0852. The minimum atomic E-state index is -4.91. The zero-order valence-corrected chi connectivity index (χ0v) is 9.83. The van der Waals surface area contributed by atoms with Crippen molar-refractivity contribution in [3.8, 4) is 0 Å². The van der Waals surface area contributed by atoms with Gasteiger partial charge in [0, 0.05) is 32.5 Å². The number of carbonyl (C=O) groups excluding carboxylic acids is 2. The molecule has 0 aliphatic carbocycles. The molecule has 1 saturated heterocycles. The van der Waals surface area contributed by atoms with Crippen LogP contribution in [-0.4, -0.2) is 53.7 Å². The van der Waals surface area contributed by atoms with E-state index in [2.05, 4.69) is 0 Å². The van der Waals surface area contributed by atoms with Gasteiger partial charge in [-0.15, -0.1) is 0 Å². The van der Waals surface area contributed by atoms with Crippen molar-refractivity contribution >= 4 is 11.8 Å². The average Bonchev–Trinajstić information content (AvgIpc) is 2.25. The van der Waals surface area contributed by atoms with E-state index >= 15 is 0 Å². The maximum Gasteiger partial charge on any atom is 0.471 e. The van der Waals surface area contributed by atoms with Gasteiger partial charge >= 0.3 is 12.1 Å². The van der Waals surface area contributed by atoms with Crippen LogP contribution in [0.4, 0.5) is 13.2 Å². The maximum absolute atomic E-state index is 11.9. The Bertz CT molecular complexity index is 333. The van der Waals surface area contributed by atoms with Crippen LogP contribution in [0.2, 0.25) is 0 Å². The summed E-state index contributed by atoms with van der Waals surface area (Å²) in [4.78, 5) is 23.1. The number of nitrogens with one attached hydrogen (secondary N) is 1. The quantitative estimate of drug-likeness (QED) is 0.734. The number of likely N-dealkylation sites (tertiary alicyclic amines) is 1. The third-order valence-corrected chi connectivity index (χ3v) is 2.95. The summed E-state index contributed by atoms with van der Waals surface area (Å²) in [7, 11) is 0. The molecule has 0 spiro atoms. The number of aliphatic hydroxyl groups is 1. The molecule has 0 bridgehead atoms. The molecular formula is C10H15F3N2O3. The molecule has 104 valence electrons. The number of alkyl halides is 3. The van der Waals surface area contributed by atoms with Gasteiger partial charge < -0.3 is 15.3 Å². The summed E-state index contributed by atoms with van der Waals surface area (Å²) >= 11 is 0. The van der Waals surface area contributed by atoms with Gasteiger partial charge in [0.2, 0.25) is 5.91 Å². The van der Waals surface area contributed by atoms with Crippen LogP contribution in [0.1, 0.15) is 13.3 Å². The van der Waals surface area contributed by atoms with Crippen LogP contribution in [0, 0.1) is 5.92 Å². The molecular weight excluding hydrogens is 253 g/mol. The molecule has 1 heterocycles. The van der Waals surface area contributed by atoms with E-state index in [1.807, 2.05) is 0 Å². The Kier molecular flexibility index (Phi) is 4.55. The summed E-state index contributed by atoms with van der Waals surface area (Å²) in [6.07, 6.45) is -5.47. The minimum Gasteiger partial charge on any atom is -0.391 e. The monoisotopic (exact) mass is 268 g/mol. The number of β-amino-alcohol motifs (C(OH)–C–C–N with tert-alkyl or cyclic N) is 1. The second-order valence-electron chi connectivity index (χ2n) is 4.29. The number of halogens is 3. The predicted molar refractivity (Wildman–Crippen MR) is 55.4 cm³/mol. The van der Waals surface area contributed by atoms with Gasteiger partial charge in [-0.05, 0) is 6.42 Å². The van der Waals surface area contributed by atoms with Crippen LogP contribution in [0.3, 0.4) is 0 Å². The maximum atomic E-state index is 11.9. The molecule has 0 aromatic carbocycles. The molecule has 1 rings (SSSR count). The Labute approximate surface area is 102 Å². The SMILES string of the molecule is CC(=O)N1CCC(CNC(=O)C(F)(F)F)C(O)C1. The van der Waals surface area contributed by atoms with E-state index in [9.17, 15) is 27.9 Å². The average molecular weight is 268 g/mol. The van der Waals surface area contributed by atoms with Crippen molar-refractivity contribution in [1.29, 1.82) is 0 Å². The predicted octanol–water partition coefficient (Wildman–Crippen LogP) is -0.106. The summed E-state index contributed by atoms with van der Waals surface area (Å²) in [5, 5.41) is 11.4. The summed E-state index contributed by atoms with van der Waals surface area (Å²) in [6, 6.07) is 0. The molecule has 1 aliphatic rings. The number of rotatable bonds is 2. The van der Waals surface area contributed by atoms with Crippen LogP contribution < -0.4 is 5.32 Å². The number of amides is 2. The van der Waals surface area contributed by atoms with Gasteiger partial charge in [-0.1, -0.05) is 0 Å². The summed E-state index contributed by atoms with van der Waals surface area (Å²) < 4.78 is 35.8. The van der Waals surface area contributed by atoms with E-state index < -0.39 is 24.1 Å². The molecule has 2 amide bonds. The van der Waals surface area contributed by atoms with E-state index in [1.165, 1.54) is 11.8 Å². The van der Waals surface area contributed by atoms with E-state index in [0.717, 1.165) is 0 Å². The second kappa shape index (κ2) is 5.55. The van der Waals surface area contributed by atoms with Crippen LogP contribution in [-0.2, 0) is 9.59 Å². The van der Waals surface area contributed by atoms with Crippen molar-refractivity contribution in [1.82, 2.24) is 10.2 Å². The van der Waals surface area contributed by atoms with Crippen molar-refractivity contribution in [3.05, 3.63) is 0 Å². The Balaban J connectivity index is 2.41. The molecule has 2 atom stereocenters. The number of nitrogens with zero attached hydrogens (tertiary/aromatic N) is 1. The van der Waals surface area contributed by atoms with Crippen LogP contribution in [0.25, 0.3) is 0 Å². The highest BCUT2D eigenvalue weighted by Crippen LogP contribution is 2.19. The van der Waals surface area contributed by atoms with Crippen molar-refractivity contribution in [2.45, 2.75) is 25.6 Å². The molecule has 2 unspecified atom stereocenters. The second-order valence-corrected chi connectivity index (χ2v) is 4.29. The van der Waals surface area contributed by atoms with E-state index in [0.29, 0.717) is 13.0 Å². The first kappa shape index (κ1) is 14.7. The Morgan fingerprint density at radius 2 is 2.06 bits per heavy atom. The van der Waals surface area contributed by atoms with E-state index in [4.69, 9.17) is 0 Å². The molecule has 0 saturated carbocycles. The van der Waals surface area contributed by atoms with Gasteiger partial charge in [-0.2, -0.15) is 13.2 Å². The van der Waals surface area contributed by atoms with Gasteiger partial charge in [0.15, 0.2) is 0 Å². The smallest absolute Gasteiger partial charge is 0.391 e. The highest BCUT2D eigenvalue weighted by Gasteiger charge is 2.39. The molecule has 1 aliphatic heterocycles. The number of aliphatic hydroxyl groups excluding tert-OH is 1. The molecule has 1 fully saturated rings. The summed E-state index contributed by atoms with van der Waals surface area (Å²) in [5.41, 5.74) is 0. The normalized spacial score (nSPS) is 24.8. The third kappa shape index (κ3) is 3.86. The fourth-order valence-corrected chi connectivity index (χ4v) is 1.83. The first-order valence-corrected chi connectivity index (χ1v) is 5.50. The van der Waals surface area contributed by atoms with E-state index in [1.54, 1.807) is 5.32 Å². The van der Waals surface area contributed by atoms with Crippen molar-refractivity contribution in [3.63, 3.8) is 0 Å². The summed E-state index contributed by atoms with van der Waals surface area (Å²) in [6.45, 7) is 1.57. The Hall–Kier alpha value is -1.31. The first-order chi connectivity index (χ1) is 8.21. The van der Waals surface area contributed by atoms with Gasteiger partial charge in [-0.3, -0.25) is 9.59 Å². The fraction of sp³-hybridized carbons (Fsp3) is 0.800. The highest BCUT2D eigenvalue weighted by molar-refractivity contribution is 5.81. The lowest BCUT2D eigenvalue weighted by molar-refractivity contribution is -0.174. The Morgan fingerprint density at radius 1 is 1.44 bits per heavy atom. The van der Waals surface area contributed by atoms with Gasteiger partial charge in [-0.25, -0.2) is 0 Å². The largest absolute Gasteiger partial charge is 0.471 e. The van der Waals surface area contributed by atoms with Crippen molar-refractivity contribution in [2.24, 2.45) is 5.92 Å². The molecule has 0 aromatic heterocycles. The van der Waals surface area contributed by atoms with Gasteiger partial charge in [0.1, 0.15) is 0 Å². The highest BCUT2D eigenvalue weighted by atomic mass is 19.4. The third-order valence-electron chi connectivity index (χ3n) is 2.95. The molecule has 2 N–H and O–H groups in total. The first-order valence-electron chi connectivity index (χ1n) is 5.50. The number of piperidine rings is 1. The number of hydrogen-bond acceptors (Lipinski definition) is 3. The lowest BCUT2D eigenvalue weighted by Gasteiger charge is -2.35. The molecule has 18 heavy (non-hydrogen) atoms. The van der Waals surface area contributed by atoms with E-state index in [-0.39, 0.29) is 19.0 Å². The van der Waals surface area contributed by atoms with Crippen LogP contribution in [0.15, 0.2) is 0 Å². The lowest BCUT2D eigenvalue weighted by atomic mass is 9.93. The molecule has 8 heteroatoms.